The maximum Gasteiger partial charge on any atom is 0.356 e. The van der Waals surface area contributed by atoms with E-state index in [0.29, 0.717) is 0 Å². The zero-order valence-electron chi connectivity index (χ0n) is 6.96. The van der Waals surface area contributed by atoms with Crippen molar-refractivity contribution in [2.45, 2.75) is 13.8 Å². The Balaban J connectivity index is 3.36. The maximum absolute atomic E-state index is 10.5. The lowest BCUT2D eigenvalue weighted by Crippen LogP contribution is -2.07. The highest BCUT2D eigenvalue weighted by Crippen LogP contribution is 2.17. The van der Waals surface area contributed by atoms with Crippen LogP contribution < -0.4 is 5.73 Å². The Morgan fingerprint density at radius 2 is 2.17 bits per heavy atom. The van der Waals surface area contributed by atoms with Crippen molar-refractivity contribution in [2.24, 2.45) is 0 Å². The van der Waals surface area contributed by atoms with Crippen LogP contribution in [0.15, 0.2) is 6.20 Å². The molecule has 0 aliphatic rings. The van der Waals surface area contributed by atoms with E-state index in [1.807, 2.05) is 6.92 Å². The van der Waals surface area contributed by atoms with Crippen LogP contribution >= 0.6 is 0 Å². The number of nitrogen functional groups attached to an aromatic ring is 1. The molecule has 0 fully saturated rings. The zero-order valence-corrected chi connectivity index (χ0v) is 6.96. The van der Waals surface area contributed by atoms with Crippen molar-refractivity contribution in [3.63, 3.8) is 0 Å². The molecule has 12 heavy (non-hydrogen) atoms. The molecule has 0 amide bonds. The number of aromatic carboxylic acids is 1. The van der Waals surface area contributed by atoms with E-state index >= 15 is 0 Å². The molecule has 0 saturated heterocycles. The number of carbonyl (C=O) groups is 1. The van der Waals surface area contributed by atoms with Crippen LogP contribution in [-0.4, -0.2) is 16.1 Å². The molecule has 0 bridgehead atoms. The van der Waals surface area contributed by atoms with Crippen LogP contribution in [-0.2, 0) is 0 Å². The van der Waals surface area contributed by atoms with Crippen molar-refractivity contribution in [3.8, 4) is 0 Å². The molecule has 0 aromatic carbocycles. The van der Waals surface area contributed by atoms with Gasteiger partial charge in [0, 0.05) is 6.20 Å². The Morgan fingerprint density at radius 3 is 2.67 bits per heavy atom. The molecule has 0 saturated carbocycles. The highest BCUT2D eigenvalue weighted by atomic mass is 16.4. The quantitative estimate of drug-likeness (QED) is 0.652. The molecular weight excluding hydrogens is 156 g/mol. The first-order chi connectivity index (χ1) is 5.54. The highest BCUT2D eigenvalue weighted by Gasteiger charge is 2.11. The molecule has 1 aromatic rings. The van der Waals surface area contributed by atoms with E-state index in [-0.39, 0.29) is 11.4 Å². The van der Waals surface area contributed by atoms with Gasteiger partial charge in [-0.3, -0.25) is 0 Å². The van der Waals surface area contributed by atoms with Crippen molar-refractivity contribution in [1.29, 1.82) is 0 Å². The number of hydrogen-bond donors (Lipinski definition) is 2. The predicted octanol–water partition coefficient (Wildman–Crippen LogP) is 0.979. The average Bonchev–Trinajstić information content (AvgIpc) is 2.00. The third-order valence-electron chi connectivity index (χ3n) is 1.84. The number of nitrogens with two attached hydrogens (primary N) is 1. The van der Waals surface area contributed by atoms with Gasteiger partial charge >= 0.3 is 5.97 Å². The lowest BCUT2D eigenvalue weighted by Gasteiger charge is -2.05. The first-order valence-corrected chi connectivity index (χ1v) is 3.49. The van der Waals surface area contributed by atoms with Gasteiger partial charge in [-0.15, -0.1) is 0 Å². The zero-order chi connectivity index (χ0) is 9.30. The smallest absolute Gasteiger partial charge is 0.356 e. The average molecular weight is 166 g/mol. The SMILES string of the molecule is Cc1cnc(C(=O)O)c(N)c1C. The Morgan fingerprint density at radius 1 is 1.58 bits per heavy atom. The van der Waals surface area contributed by atoms with Crippen molar-refractivity contribution in [2.75, 3.05) is 5.73 Å². The lowest BCUT2D eigenvalue weighted by atomic mass is 10.1. The minimum Gasteiger partial charge on any atom is -0.476 e. The summed E-state index contributed by atoms with van der Waals surface area (Å²) >= 11 is 0. The molecule has 0 unspecified atom stereocenters. The molecule has 0 aliphatic heterocycles. The summed E-state index contributed by atoms with van der Waals surface area (Å²) in [5.41, 5.74) is 7.40. The summed E-state index contributed by atoms with van der Waals surface area (Å²) in [7, 11) is 0. The van der Waals surface area contributed by atoms with Crippen LogP contribution in [0, 0.1) is 13.8 Å². The van der Waals surface area contributed by atoms with E-state index in [2.05, 4.69) is 4.98 Å². The molecule has 0 radical (unpaired) electrons. The fourth-order valence-corrected chi connectivity index (χ4v) is 0.888. The maximum atomic E-state index is 10.5. The van der Waals surface area contributed by atoms with Gasteiger partial charge in [0.25, 0.3) is 0 Å². The van der Waals surface area contributed by atoms with Gasteiger partial charge in [-0.05, 0) is 25.0 Å². The summed E-state index contributed by atoms with van der Waals surface area (Å²) in [6.45, 7) is 3.61. The lowest BCUT2D eigenvalue weighted by molar-refractivity contribution is 0.0691. The van der Waals surface area contributed by atoms with Crippen molar-refractivity contribution in [1.82, 2.24) is 4.98 Å². The van der Waals surface area contributed by atoms with E-state index in [0.717, 1.165) is 11.1 Å². The fraction of sp³-hybridized carbons (Fsp3) is 0.250. The highest BCUT2D eigenvalue weighted by molar-refractivity contribution is 5.92. The van der Waals surface area contributed by atoms with Gasteiger partial charge in [-0.25, -0.2) is 9.78 Å². The van der Waals surface area contributed by atoms with E-state index in [4.69, 9.17) is 10.8 Å². The Hall–Kier alpha value is -1.58. The van der Waals surface area contributed by atoms with E-state index in [1.165, 1.54) is 6.20 Å². The first kappa shape index (κ1) is 8.52. The molecule has 1 aromatic heterocycles. The Bertz CT molecular complexity index is 334. The number of pyridine rings is 1. The van der Waals surface area contributed by atoms with Crippen LogP contribution in [0.2, 0.25) is 0 Å². The number of nitrogens with zero attached hydrogens (tertiary/aromatic N) is 1. The van der Waals surface area contributed by atoms with Gasteiger partial charge in [0.2, 0.25) is 0 Å². The second-order valence-electron chi connectivity index (χ2n) is 2.63. The third kappa shape index (κ3) is 1.23. The summed E-state index contributed by atoms with van der Waals surface area (Å²) in [5.74, 6) is -1.09. The molecule has 0 atom stereocenters. The fourth-order valence-electron chi connectivity index (χ4n) is 0.888. The second kappa shape index (κ2) is 2.81. The minimum absolute atomic E-state index is 0.0712. The Kier molecular flexibility index (Phi) is 1.99. The molecule has 1 rings (SSSR count). The topological polar surface area (TPSA) is 76.2 Å². The summed E-state index contributed by atoms with van der Waals surface area (Å²) in [4.78, 5) is 14.3. The summed E-state index contributed by atoms with van der Waals surface area (Å²) in [6.07, 6.45) is 1.51. The van der Waals surface area contributed by atoms with Crippen LogP contribution in [0.5, 0.6) is 0 Å². The van der Waals surface area contributed by atoms with E-state index in [9.17, 15) is 4.79 Å². The number of rotatable bonds is 1. The van der Waals surface area contributed by atoms with E-state index < -0.39 is 5.97 Å². The minimum atomic E-state index is -1.09. The number of aryl methyl sites for hydroxylation is 1. The molecule has 3 N–H and O–H groups in total. The summed E-state index contributed by atoms with van der Waals surface area (Å²) < 4.78 is 0. The van der Waals surface area contributed by atoms with Crippen molar-refractivity contribution in [3.05, 3.63) is 23.0 Å². The van der Waals surface area contributed by atoms with Gasteiger partial charge in [-0.1, -0.05) is 0 Å². The summed E-state index contributed by atoms with van der Waals surface area (Å²) in [5, 5.41) is 8.64. The van der Waals surface area contributed by atoms with Gasteiger partial charge in [-0.2, -0.15) is 0 Å². The number of carboxylic acids is 1. The van der Waals surface area contributed by atoms with Crippen LogP contribution in [0.4, 0.5) is 5.69 Å². The predicted molar refractivity (Wildman–Crippen MR) is 45.1 cm³/mol. The largest absolute Gasteiger partial charge is 0.476 e. The summed E-state index contributed by atoms with van der Waals surface area (Å²) in [6, 6.07) is 0. The van der Waals surface area contributed by atoms with Crippen LogP contribution in [0.1, 0.15) is 21.6 Å². The third-order valence-corrected chi connectivity index (χ3v) is 1.84. The number of aromatic nitrogens is 1. The van der Waals surface area contributed by atoms with Gasteiger partial charge in [0.05, 0.1) is 5.69 Å². The van der Waals surface area contributed by atoms with E-state index in [1.54, 1.807) is 6.92 Å². The van der Waals surface area contributed by atoms with Gasteiger partial charge in [0.1, 0.15) is 0 Å². The molecule has 4 nitrogen and oxygen atoms in total. The van der Waals surface area contributed by atoms with Crippen molar-refractivity contribution >= 4 is 11.7 Å². The second-order valence-corrected chi connectivity index (χ2v) is 2.63. The molecule has 0 aliphatic carbocycles. The molecule has 1 heterocycles. The molecule has 0 spiro atoms. The Labute approximate surface area is 70.0 Å². The van der Waals surface area contributed by atoms with Crippen LogP contribution in [0.3, 0.4) is 0 Å². The van der Waals surface area contributed by atoms with Crippen LogP contribution in [0.25, 0.3) is 0 Å². The molecular formula is C8H10N2O2. The number of hydrogen-bond acceptors (Lipinski definition) is 3. The standard InChI is InChI=1S/C8H10N2O2/c1-4-3-10-7(8(11)12)6(9)5(4)2/h3H,9H2,1-2H3,(H,11,12). The monoisotopic (exact) mass is 166 g/mol. The number of anilines is 1. The normalized spacial score (nSPS) is 9.83. The van der Waals surface area contributed by atoms with Gasteiger partial charge < -0.3 is 10.8 Å². The molecule has 4 heteroatoms. The van der Waals surface area contributed by atoms with Crippen molar-refractivity contribution < 1.29 is 9.90 Å². The van der Waals surface area contributed by atoms with Gasteiger partial charge in [0.15, 0.2) is 5.69 Å². The number of carboxylic acid groups (broad SMARTS) is 1. The molecule has 64 valence electrons. The first-order valence-electron chi connectivity index (χ1n) is 3.49.